The highest BCUT2D eigenvalue weighted by molar-refractivity contribution is 6.20. The van der Waals surface area contributed by atoms with Crippen LogP contribution in [0.3, 0.4) is 0 Å². The molecule has 1 rings (SSSR count). The van der Waals surface area contributed by atoms with Gasteiger partial charge in [0.25, 0.3) is 0 Å². The number of alkyl halides is 1. The SMILES string of the molecule is CC(C)/C=C\[C@@H]1CCC(C)CC1Cl. The Morgan fingerprint density at radius 1 is 1.31 bits per heavy atom. The van der Waals surface area contributed by atoms with Crippen molar-refractivity contribution in [1.82, 2.24) is 0 Å². The average Bonchev–Trinajstić information content (AvgIpc) is 2.02. The number of hydrogen-bond donors (Lipinski definition) is 0. The maximum absolute atomic E-state index is 6.31. The predicted octanol–water partition coefficient (Wildman–Crippen LogP) is 4.24. The summed E-state index contributed by atoms with van der Waals surface area (Å²) in [6.45, 7) is 6.73. The van der Waals surface area contributed by atoms with Crippen LogP contribution in [0.2, 0.25) is 0 Å². The zero-order chi connectivity index (χ0) is 9.84. The van der Waals surface area contributed by atoms with Crippen molar-refractivity contribution in [2.24, 2.45) is 17.8 Å². The molecule has 0 N–H and O–H groups in total. The molecule has 0 aromatic carbocycles. The van der Waals surface area contributed by atoms with Crippen LogP contribution in [-0.2, 0) is 0 Å². The monoisotopic (exact) mass is 200 g/mol. The van der Waals surface area contributed by atoms with E-state index in [0.717, 1.165) is 5.92 Å². The van der Waals surface area contributed by atoms with E-state index in [4.69, 9.17) is 11.6 Å². The van der Waals surface area contributed by atoms with Gasteiger partial charge in [0.15, 0.2) is 0 Å². The molecule has 1 heteroatoms. The van der Waals surface area contributed by atoms with E-state index in [1.54, 1.807) is 0 Å². The van der Waals surface area contributed by atoms with E-state index in [0.29, 0.717) is 17.2 Å². The van der Waals surface area contributed by atoms with Gasteiger partial charge in [0.05, 0.1) is 0 Å². The Kier molecular flexibility index (Phi) is 4.31. The van der Waals surface area contributed by atoms with Crippen LogP contribution in [0.5, 0.6) is 0 Å². The number of halogens is 1. The van der Waals surface area contributed by atoms with Gasteiger partial charge in [-0.05, 0) is 30.6 Å². The number of rotatable bonds is 2. The van der Waals surface area contributed by atoms with E-state index < -0.39 is 0 Å². The molecule has 0 bridgehead atoms. The van der Waals surface area contributed by atoms with Gasteiger partial charge >= 0.3 is 0 Å². The minimum atomic E-state index is 0.374. The summed E-state index contributed by atoms with van der Waals surface area (Å²) in [5.41, 5.74) is 0. The van der Waals surface area contributed by atoms with Gasteiger partial charge in [-0.15, -0.1) is 11.6 Å². The first-order chi connectivity index (χ1) is 6.09. The van der Waals surface area contributed by atoms with Gasteiger partial charge in [-0.2, -0.15) is 0 Å². The topological polar surface area (TPSA) is 0 Å². The maximum atomic E-state index is 6.31. The first kappa shape index (κ1) is 11.1. The van der Waals surface area contributed by atoms with Crippen LogP contribution in [0, 0.1) is 17.8 Å². The van der Waals surface area contributed by atoms with Gasteiger partial charge < -0.3 is 0 Å². The van der Waals surface area contributed by atoms with Crippen LogP contribution >= 0.6 is 11.6 Å². The normalized spacial score (nSPS) is 35.9. The summed E-state index contributed by atoms with van der Waals surface area (Å²) in [7, 11) is 0. The van der Waals surface area contributed by atoms with Crippen molar-refractivity contribution >= 4 is 11.6 Å². The highest BCUT2D eigenvalue weighted by atomic mass is 35.5. The highest BCUT2D eigenvalue weighted by Gasteiger charge is 2.24. The Balaban J connectivity index is 2.42. The lowest BCUT2D eigenvalue weighted by Gasteiger charge is -2.29. The van der Waals surface area contributed by atoms with Gasteiger partial charge in [0.1, 0.15) is 0 Å². The second kappa shape index (κ2) is 5.05. The van der Waals surface area contributed by atoms with Gasteiger partial charge in [-0.1, -0.05) is 39.3 Å². The Bertz CT molecular complexity index is 172. The van der Waals surface area contributed by atoms with Crippen molar-refractivity contribution < 1.29 is 0 Å². The van der Waals surface area contributed by atoms with Crippen molar-refractivity contribution in [3.8, 4) is 0 Å². The molecule has 0 spiro atoms. The van der Waals surface area contributed by atoms with E-state index >= 15 is 0 Å². The molecule has 0 radical (unpaired) electrons. The van der Waals surface area contributed by atoms with Crippen LogP contribution < -0.4 is 0 Å². The van der Waals surface area contributed by atoms with Crippen LogP contribution in [0.15, 0.2) is 12.2 Å². The fourth-order valence-electron chi connectivity index (χ4n) is 1.92. The van der Waals surface area contributed by atoms with E-state index in [1.807, 2.05) is 0 Å². The smallest absolute Gasteiger partial charge is 0.0401 e. The molecule has 1 aliphatic carbocycles. The molecule has 76 valence electrons. The largest absolute Gasteiger partial charge is 0.122 e. The molecule has 1 aliphatic rings. The lowest BCUT2D eigenvalue weighted by Crippen LogP contribution is -2.22. The van der Waals surface area contributed by atoms with E-state index in [-0.39, 0.29) is 0 Å². The van der Waals surface area contributed by atoms with Crippen molar-refractivity contribution in [2.45, 2.75) is 45.4 Å². The van der Waals surface area contributed by atoms with Gasteiger partial charge in [-0.25, -0.2) is 0 Å². The number of allylic oxidation sites excluding steroid dienone is 2. The second-order valence-electron chi connectivity index (χ2n) is 4.73. The van der Waals surface area contributed by atoms with Gasteiger partial charge in [0.2, 0.25) is 0 Å². The van der Waals surface area contributed by atoms with Crippen LogP contribution in [0.25, 0.3) is 0 Å². The lowest BCUT2D eigenvalue weighted by molar-refractivity contribution is 0.336. The number of hydrogen-bond acceptors (Lipinski definition) is 0. The molecule has 0 heterocycles. The summed E-state index contributed by atoms with van der Waals surface area (Å²) in [5.74, 6) is 2.11. The standard InChI is InChI=1S/C12H21Cl/c1-9(2)4-6-11-7-5-10(3)8-12(11)13/h4,6,9-12H,5,7-8H2,1-3H3/b6-4-/t10?,11-,12?/m1/s1. The van der Waals surface area contributed by atoms with Crippen molar-refractivity contribution in [3.63, 3.8) is 0 Å². The fourth-order valence-corrected chi connectivity index (χ4v) is 2.43. The zero-order valence-corrected chi connectivity index (χ0v) is 9.72. The summed E-state index contributed by atoms with van der Waals surface area (Å²) in [6, 6.07) is 0. The molecule has 0 nitrogen and oxygen atoms in total. The summed E-state index contributed by atoms with van der Waals surface area (Å²) >= 11 is 6.31. The third-order valence-electron chi connectivity index (χ3n) is 2.83. The molecule has 0 aromatic rings. The van der Waals surface area contributed by atoms with E-state index in [2.05, 4.69) is 32.9 Å². The fraction of sp³-hybridized carbons (Fsp3) is 0.833. The Hall–Kier alpha value is 0.0300. The Morgan fingerprint density at radius 3 is 2.54 bits per heavy atom. The van der Waals surface area contributed by atoms with Crippen LogP contribution in [0.4, 0.5) is 0 Å². The zero-order valence-electron chi connectivity index (χ0n) is 8.96. The summed E-state index contributed by atoms with van der Waals surface area (Å²) < 4.78 is 0. The third-order valence-corrected chi connectivity index (χ3v) is 3.33. The summed E-state index contributed by atoms with van der Waals surface area (Å²) in [5, 5.41) is 0.374. The summed E-state index contributed by atoms with van der Waals surface area (Å²) in [6.07, 6.45) is 8.42. The molecule has 13 heavy (non-hydrogen) atoms. The first-order valence-corrected chi connectivity index (χ1v) is 5.85. The van der Waals surface area contributed by atoms with E-state index in [9.17, 15) is 0 Å². The molecule has 0 saturated heterocycles. The molecule has 3 atom stereocenters. The molecule has 1 fully saturated rings. The Morgan fingerprint density at radius 2 is 2.00 bits per heavy atom. The first-order valence-electron chi connectivity index (χ1n) is 5.42. The van der Waals surface area contributed by atoms with Gasteiger partial charge in [-0.3, -0.25) is 0 Å². The Labute approximate surface area is 87.4 Å². The van der Waals surface area contributed by atoms with Crippen LogP contribution in [-0.4, -0.2) is 5.38 Å². The lowest BCUT2D eigenvalue weighted by atomic mass is 9.82. The minimum absolute atomic E-state index is 0.374. The summed E-state index contributed by atoms with van der Waals surface area (Å²) in [4.78, 5) is 0. The third kappa shape index (κ3) is 3.72. The predicted molar refractivity (Wildman–Crippen MR) is 60.1 cm³/mol. The molecule has 2 unspecified atom stereocenters. The van der Waals surface area contributed by atoms with Crippen LogP contribution in [0.1, 0.15) is 40.0 Å². The van der Waals surface area contributed by atoms with Gasteiger partial charge in [0, 0.05) is 5.38 Å². The highest BCUT2D eigenvalue weighted by Crippen LogP contribution is 2.33. The quantitative estimate of drug-likeness (QED) is 0.462. The molecule has 0 aliphatic heterocycles. The second-order valence-corrected chi connectivity index (χ2v) is 5.29. The maximum Gasteiger partial charge on any atom is 0.0401 e. The van der Waals surface area contributed by atoms with Crippen molar-refractivity contribution in [3.05, 3.63) is 12.2 Å². The molecular weight excluding hydrogens is 180 g/mol. The minimum Gasteiger partial charge on any atom is -0.122 e. The molecular formula is C12H21Cl. The van der Waals surface area contributed by atoms with Crippen molar-refractivity contribution in [2.75, 3.05) is 0 Å². The van der Waals surface area contributed by atoms with E-state index in [1.165, 1.54) is 19.3 Å². The molecule has 1 saturated carbocycles. The molecule has 0 aromatic heterocycles. The molecule has 0 amide bonds. The van der Waals surface area contributed by atoms with Crippen molar-refractivity contribution in [1.29, 1.82) is 0 Å². The average molecular weight is 201 g/mol.